The minimum atomic E-state index is -4.59. The maximum Gasteiger partial charge on any atom is 0.433 e. The van der Waals surface area contributed by atoms with E-state index in [2.05, 4.69) is 15.8 Å². The fraction of sp³-hybridized carbons (Fsp3) is 0.533. The fourth-order valence-corrected chi connectivity index (χ4v) is 2.10. The zero-order valence-corrected chi connectivity index (χ0v) is 13.7. The minimum Gasteiger partial charge on any atom is -0.286 e. The molecule has 1 heterocycles. The van der Waals surface area contributed by atoms with E-state index in [0.29, 0.717) is 17.9 Å². The van der Waals surface area contributed by atoms with Crippen LogP contribution in [-0.4, -0.2) is 34.1 Å². The van der Waals surface area contributed by atoms with E-state index in [-0.39, 0.29) is 18.8 Å². The number of hydrogen-bond acceptors (Lipinski definition) is 5. The molecule has 0 aliphatic heterocycles. The molecule has 0 unspecified atom stereocenters. The van der Waals surface area contributed by atoms with Crippen LogP contribution in [0.4, 0.5) is 19.0 Å². The quantitative estimate of drug-likeness (QED) is 0.257. The van der Waals surface area contributed by atoms with Crippen LogP contribution in [0.2, 0.25) is 0 Å². The number of aromatic nitrogens is 1. The SMILES string of the molecule is CCCCC[C@H](CN(O)C=O)C(=O)NNc1cccc(C(F)(F)F)n1. The first-order valence-electron chi connectivity index (χ1n) is 7.78. The van der Waals surface area contributed by atoms with Crippen molar-refractivity contribution in [2.24, 2.45) is 5.92 Å². The molecular weight excluding hydrogens is 341 g/mol. The van der Waals surface area contributed by atoms with Gasteiger partial charge in [0.15, 0.2) is 0 Å². The predicted molar refractivity (Wildman–Crippen MR) is 83.2 cm³/mol. The third-order valence-corrected chi connectivity index (χ3v) is 3.41. The predicted octanol–water partition coefficient (Wildman–Crippen LogP) is 2.59. The van der Waals surface area contributed by atoms with Crippen LogP contribution in [0, 0.1) is 5.92 Å². The summed E-state index contributed by atoms with van der Waals surface area (Å²) in [6.45, 7) is 1.77. The Balaban J connectivity index is 2.68. The zero-order valence-electron chi connectivity index (χ0n) is 13.7. The summed E-state index contributed by atoms with van der Waals surface area (Å²) in [7, 11) is 0. The molecule has 140 valence electrons. The number of halogens is 3. The Morgan fingerprint density at radius 2 is 2.12 bits per heavy atom. The van der Waals surface area contributed by atoms with E-state index in [1.165, 1.54) is 6.07 Å². The minimum absolute atomic E-state index is 0.174. The van der Waals surface area contributed by atoms with Gasteiger partial charge in [-0.1, -0.05) is 32.3 Å². The number of amides is 2. The van der Waals surface area contributed by atoms with Gasteiger partial charge in [-0.3, -0.25) is 25.6 Å². The number of anilines is 1. The third kappa shape index (κ3) is 7.38. The Kier molecular flexibility index (Phi) is 8.12. The van der Waals surface area contributed by atoms with E-state index in [9.17, 15) is 28.0 Å². The lowest BCUT2D eigenvalue weighted by atomic mass is 10.0. The largest absolute Gasteiger partial charge is 0.433 e. The Hall–Kier alpha value is -2.36. The molecule has 1 atom stereocenters. The number of carbonyl (C=O) groups is 2. The molecule has 2 amide bonds. The lowest BCUT2D eigenvalue weighted by Gasteiger charge is -2.20. The van der Waals surface area contributed by atoms with Crippen molar-refractivity contribution in [3.05, 3.63) is 23.9 Å². The molecule has 0 aromatic carbocycles. The topological polar surface area (TPSA) is 94.6 Å². The van der Waals surface area contributed by atoms with Crippen LogP contribution in [-0.2, 0) is 15.8 Å². The summed E-state index contributed by atoms with van der Waals surface area (Å²) >= 11 is 0. The Bertz CT molecular complexity index is 569. The van der Waals surface area contributed by atoms with Crippen molar-refractivity contribution in [2.75, 3.05) is 12.0 Å². The van der Waals surface area contributed by atoms with E-state index in [0.717, 1.165) is 25.0 Å². The number of rotatable bonds is 10. The van der Waals surface area contributed by atoms with Crippen LogP contribution < -0.4 is 10.9 Å². The van der Waals surface area contributed by atoms with Crippen LogP contribution in [0.25, 0.3) is 0 Å². The first kappa shape index (κ1) is 20.7. The average molecular weight is 362 g/mol. The summed E-state index contributed by atoms with van der Waals surface area (Å²) in [5.74, 6) is -1.44. The maximum absolute atomic E-state index is 12.6. The van der Waals surface area contributed by atoms with Gasteiger partial charge in [0, 0.05) is 0 Å². The molecule has 0 saturated heterocycles. The van der Waals surface area contributed by atoms with Gasteiger partial charge in [0.25, 0.3) is 0 Å². The molecule has 3 N–H and O–H groups in total. The molecule has 0 fully saturated rings. The summed E-state index contributed by atoms with van der Waals surface area (Å²) in [6, 6.07) is 3.24. The number of carbonyl (C=O) groups excluding carboxylic acids is 2. The molecule has 0 aliphatic rings. The number of nitrogens with one attached hydrogen (secondary N) is 2. The number of unbranched alkanes of at least 4 members (excludes halogenated alkanes) is 2. The number of hydrazine groups is 1. The fourth-order valence-electron chi connectivity index (χ4n) is 2.10. The van der Waals surface area contributed by atoms with E-state index in [1.54, 1.807) is 0 Å². The molecule has 7 nitrogen and oxygen atoms in total. The Morgan fingerprint density at radius 1 is 1.40 bits per heavy atom. The van der Waals surface area contributed by atoms with Crippen molar-refractivity contribution in [1.29, 1.82) is 0 Å². The van der Waals surface area contributed by atoms with Gasteiger partial charge in [-0.25, -0.2) is 10.0 Å². The lowest BCUT2D eigenvalue weighted by molar-refractivity contribution is -0.154. The highest BCUT2D eigenvalue weighted by Crippen LogP contribution is 2.28. The monoisotopic (exact) mass is 362 g/mol. The average Bonchev–Trinajstić information content (AvgIpc) is 2.58. The van der Waals surface area contributed by atoms with Gasteiger partial charge in [-0.05, 0) is 18.6 Å². The van der Waals surface area contributed by atoms with Crippen LogP contribution in [0.5, 0.6) is 0 Å². The van der Waals surface area contributed by atoms with Crippen LogP contribution >= 0.6 is 0 Å². The van der Waals surface area contributed by atoms with Gasteiger partial charge in [0.05, 0.1) is 12.5 Å². The lowest BCUT2D eigenvalue weighted by Crippen LogP contribution is -2.40. The molecule has 0 aliphatic carbocycles. The van der Waals surface area contributed by atoms with Crippen LogP contribution in [0.3, 0.4) is 0 Å². The highest BCUT2D eigenvalue weighted by Gasteiger charge is 2.32. The molecule has 0 bridgehead atoms. The van der Waals surface area contributed by atoms with Crippen molar-refractivity contribution in [2.45, 2.75) is 38.8 Å². The summed E-state index contributed by atoms with van der Waals surface area (Å²) in [6.07, 6.45) is -1.48. The van der Waals surface area contributed by atoms with Crippen molar-refractivity contribution in [3.8, 4) is 0 Å². The van der Waals surface area contributed by atoms with Gasteiger partial charge in [0.2, 0.25) is 12.3 Å². The molecule has 1 aromatic rings. The van der Waals surface area contributed by atoms with E-state index < -0.39 is 23.7 Å². The smallest absolute Gasteiger partial charge is 0.286 e. The Morgan fingerprint density at radius 3 is 2.72 bits per heavy atom. The van der Waals surface area contributed by atoms with Gasteiger partial charge < -0.3 is 0 Å². The summed E-state index contributed by atoms with van der Waals surface area (Å²) in [5, 5.41) is 9.63. The molecular formula is C15H21F3N4O3. The van der Waals surface area contributed by atoms with Crippen LogP contribution in [0.15, 0.2) is 18.2 Å². The maximum atomic E-state index is 12.6. The summed E-state index contributed by atoms with van der Waals surface area (Å²) in [5.41, 5.74) is 3.49. The molecule has 0 saturated carbocycles. The van der Waals surface area contributed by atoms with E-state index >= 15 is 0 Å². The van der Waals surface area contributed by atoms with Crippen LogP contribution in [0.1, 0.15) is 38.3 Å². The van der Waals surface area contributed by atoms with E-state index in [4.69, 9.17) is 0 Å². The van der Waals surface area contributed by atoms with Crippen molar-refractivity contribution >= 4 is 18.1 Å². The molecule has 10 heteroatoms. The van der Waals surface area contributed by atoms with Crippen molar-refractivity contribution in [1.82, 2.24) is 15.5 Å². The second-order valence-corrected chi connectivity index (χ2v) is 5.44. The van der Waals surface area contributed by atoms with Crippen molar-refractivity contribution in [3.63, 3.8) is 0 Å². The van der Waals surface area contributed by atoms with Gasteiger partial charge >= 0.3 is 6.18 Å². The normalized spacial score (nSPS) is 12.4. The molecule has 1 rings (SSSR count). The zero-order chi connectivity index (χ0) is 18.9. The molecule has 0 spiro atoms. The second kappa shape index (κ2) is 9.82. The number of nitrogens with zero attached hydrogens (tertiary/aromatic N) is 2. The molecule has 1 aromatic heterocycles. The third-order valence-electron chi connectivity index (χ3n) is 3.41. The number of pyridine rings is 1. The highest BCUT2D eigenvalue weighted by molar-refractivity contribution is 5.80. The second-order valence-electron chi connectivity index (χ2n) is 5.44. The number of alkyl halides is 3. The first-order chi connectivity index (χ1) is 11.8. The number of hydrogen-bond donors (Lipinski definition) is 3. The standard InChI is InChI=1S/C15H21F3N4O3/c1-2-3-4-6-11(9-22(25)10-23)14(24)21-20-13-8-5-7-12(19-13)15(16,17)18/h5,7-8,10-11,25H,2-4,6,9H2,1H3,(H,19,20)(H,21,24)/t11-/m1/s1. The number of hydroxylamine groups is 2. The van der Waals surface area contributed by atoms with Gasteiger partial charge in [-0.15, -0.1) is 0 Å². The highest BCUT2D eigenvalue weighted by atomic mass is 19.4. The van der Waals surface area contributed by atoms with Gasteiger partial charge in [0.1, 0.15) is 11.5 Å². The Labute approximate surface area is 143 Å². The van der Waals surface area contributed by atoms with Crippen molar-refractivity contribution < 1.29 is 28.0 Å². The van der Waals surface area contributed by atoms with Gasteiger partial charge in [-0.2, -0.15) is 13.2 Å². The van der Waals surface area contributed by atoms with E-state index in [1.807, 2.05) is 6.92 Å². The molecule has 25 heavy (non-hydrogen) atoms. The molecule has 0 radical (unpaired) electrons. The summed E-state index contributed by atoms with van der Waals surface area (Å²) < 4.78 is 37.8. The first-order valence-corrected chi connectivity index (χ1v) is 7.78. The summed E-state index contributed by atoms with van der Waals surface area (Å²) in [4.78, 5) is 26.0.